The molecule has 0 bridgehead atoms. The smallest absolute Gasteiger partial charge is 0.158 e. The summed E-state index contributed by atoms with van der Waals surface area (Å²) in [5, 5.41) is 39.3. The number of rotatable bonds is 2. The first-order valence-corrected chi connectivity index (χ1v) is 8.46. The third-order valence-corrected chi connectivity index (χ3v) is 5.55. The first-order chi connectivity index (χ1) is 11.5. The van der Waals surface area contributed by atoms with Crippen molar-refractivity contribution in [2.75, 3.05) is 0 Å². The summed E-state index contributed by atoms with van der Waals surface area (Å²) in [6.07, 6.45) is 0. The highest BCUT2D eigenvalue weighted by Gasteiger charge is 2.14. The second-order valence-electron chi connectivity index (χ2n) is 5.06. The van der Waals surface area contributed by atoms with Gasteiger partial charge in [0.1, 0.15) is 10.0 Å². The van der Waals surface area contributed by atoms with Gasteiger partial charge < -0.3 is 20.4 Å². The second-order valence-corrected chi connectivity index (χ2v) is 7.01. The maximum absolute atomic E-state index is 9.60. The summed E-state index contributed by atoms with van der Waals surface area (Å²) >= 11 is 2.74. The van der Waals surface area contributed by atoms with Gasteiger partial charge in [0.15, 0.2) is 32.7 Å². The monoisotopic (exact) mass is 358 g/mol. The minimum Gasteiger partial charge on any atom is -0.504 e. The summed E-state index contributed by atoms with van der Waals surface area (Å²) in [6, 6.07) is 9.09. The van der Waals surface area contributed by atoms with Gasteiger partial charge >= 0.3 is 0 Å². The summed E-state index contributed by atoms with van der Waals surface area (Å²) in [7, 11) is 0. The van der Waals surface area contributed by atoms with E-state index in [1.165, 1.54) is 46.9 Å². The van der Waals surface area contributed by atoms with Crippen molar-refractivity contribution in [3.63, 3.8) is 0 Å². The molecule has 6 nitrogen and oxygen atoms in total. The average molecular weight is 358 g/mol. The van der Waals surface area contributed by atoms with Crippen LogP contribution in [0.15, 0.2) is 36.4 Å². The molecule has 8 heteroatoms. The lowest BCUT2D eigenvalue weighted by Gasteiger charge is -2.00. The maximum atomic E-state index is 9.60. The van der Waals surface area contributed by atoms with Crippen molar-refractivity contribution in [2.24, 2.45) is 0 Å². The Balaban J connectivity index is 1.74. The van der Waals surface area contributed by atoms with E-state index in [0.717, 1.165) is 9.66 Å². The van der Waals surface area contributed by atoms with Crippen LogP contribution in [0.4, 0.5) is 0 Å². The molecular formula is C16H10N2O4S2. The molecule has 0 fully saturated rings. The van der Waals surface area contributed by atoms with Gasteiger partial charge in [-0.05, 0) is 36.4 Å². The van der Waals surface area contributed by atoms with Crippen LogP contribution < -0.4 is 0 Å². The Bertz CT molecular complexity index is 959. The van der Waals surface area contributed by atoms with Gasteiger partial charge in [-0.15, -0.1) is 0 Å². The van der Waals surface area contributed by atoms with Crippen LogP contribution in [0.1, 0.15) is 0 Å². The number of aromatic hydroxyl groups is 4. The Hall–Kier alpha value is -2.84. The van der Waals surface area contributed by atoms with E-state index in [9.17, 15) is 20.4 Å². The summed E-state index contributed by atoms with van der Waals surface area (Å²) < 4.78 is 0. The van der Waals surface area contributed by atoms with Gasteiger partial charge in [0.05, 0.1) is 0 Å². The summed E-state index contributed by atoms with van der Waals surface area (Å²) in [5.74, 6) is -0.743. The van der Waals surface area contributed by atoms with Gasteiger partial charge in [-0.1, -0.05) is 22.7 Å². The minimum absolute atomic E-state index is 0.176. The van der Waals surface area contributed by atoms with Crippen molar-refractivity contribution in [3.8, 4) is 44.1 Å². The first kappa shape index (κ1) is 14.7. The Morgan fingerprint density at radius 3 is 1.38 bits per heavy atom. The van der Waals surface area contributed by atoms with E-state index < -0.39 is 0 Å². The fourth-order valence-corrected chi connectivity index (χ4v) is 4.24. The highest BCUT2D eigenvalue weighted by molar-refractivity contribution is 7.29. The number of hydrogen-bond donors (Lipinski definition) is 4. The fraction of sp³-hybridized carbons (Fsp3) is 0. The van der Waals surface area contributed by atoms with E-state index in [0.29, 0.717) is 21.1 Å². The molecule has 0 saturated heterocycles. The van der Waals surface area contributed by atoms with Gasteiger partial charge in [-0.2, -0.15) is 0 Å². The predicted molar refractivity (Wildman–Crippen MR) is 92.8 cm³/mol. The number of hydrogen-bond acceptors (Lipinski definition) is 8. The third kappa shape index (κ3) is 2.41. The van der Waals surface area contributed by atoms with E-state index in [1.54, 1.807) is 12.1 Å². The molecule has 0 aliphatic rings. The molecule has 2 aromatic carbocycles. The van der Waals surface area contributed by atoms with Crippen molar-refractivity contribution >= 4 is 32.3 Å². The number of nitrogens with zero attached hydrogens (tertiary/aromatic N) is 2. The first-order valence-electron chi connectivity index (χ1n) is 6.83. The summed E-state index contributed by atoms with van der Waals surface area (Å²) in [4.78, 5) is 10.5. The van der Waals surface area contributed by atoms with Gasteiger partial charge in [0.25, 0.3) is 0 Å². The second kappa shape index (κ2) is 5.36. The molecule has 4 N–H and O–H groups in total. The van der Waals surface area contributed by atoms with E-state index in [4.69, 9.17) is 0 Å². The molecule has 0 aliphatic carbocycles. The molecule has 0 radical (unpaired) electrons. The Kier molecular flexibility index (Phi) is 3.29. The molecule has 2 aromatic heterocycles. The van der Waals surface area contributed by atoms with Crippen molar-refractivity contribution in [2.45, 2.75) is 0 Å². The van der Waals surface area contributed by atoms with Crippen LogP contribution in [0, 0.1) is 0 Å². The molecular weight excluding hydrogens is 348 g/mol. The summed E-state index contributed by atoms with van der Waals surface area (Å²) in [5.41, 5.74) is 1.40. The number of phenolic OH excluding ortho intramolecular Hbond substituents is 4. The van der Waals surface area contributed by atoms with Crippen molar-refractivity contribution < 1.29 is 20.4 Å². The SMILES string of the molecule is Oc1ccc(-c2nc3sc(-c4ccc(O)c(O)c4)nc3s2)cc1O. The van der Waals surface area contributed by atoms with Crippen molar-refractivity contribution in [3.05, 3.63) is 36.4 Å². The van der Waals surface area contributed by atoms with E-state index in [2.05, 4.69) is 9.97 Å². The highest BCUT2D eigenvalue weighted by atomic mass is 32.1. The Morgan fingerprint density at radius 2 is 1.00 bits per heavy atom. The maximum Gasteiger partial charge on any atom is 0.158 e. The van der Waals surface area contributed by atoms with Crippen LogP contribution in [0.3, 0.4) is 0 Å². The van der Waals surface area contributed by atoms with Crippen molar-refractivity contribution in [1.29, 1.82) is 0 Å². The molecule has 4 rings (SSSR count). The molecule has 0 atom stereocenters. The van der Waals surface area contributed by atoms with Gasteiger partial charge in [-0.3, -0.25) is 0 Å². The third-order valence-electron chi connectivity index (χ3n) is 3.42. The van der Waals surface area contributed by atoms with E-state index >= 15 is 0 Å². The summed E-state index contributed by atoms with van der Waals surface area (Å²) in [6.45, 7) is 0. The van der Waals surface area contributed by atoms with Crippen LogP contribution in [0.2, 0.25) is 0 Å². The zero-order chi connectivity index (χ0) is 16.8. The lowest BCUT2D eigenvalue weighted by atomic mass is 10.2. The quantitative estimate of drug-likeness (QED) is 0.405. The Labute approximate surface area is 143 Å². The molecule has 0 unspecified atom stereocenters. The normalized spacial score (nSPS) is 11.2. The van der Waals surface area contributed by atoms with Gasteiger partial charge in [0, 0.05) is 11.1 Å². The molecule has 4 aromatic rings. The molecule has 2 heterocycles. The fourth-order valence-electron chi connectivity index (χ4n) is 2.20. The number of fused-ring (bicyclic) bond motifs is 1. The average Bonchev–Trinajstić information content (AvgIpc) is 3.11. The molecule has 24 heavy (non-hydrogen) atoms. The van der Waals surface area contributed by atoms with Crippen LogP contribution in [-0.2, 0) is 0 Å². The largest absolute Gasteiger partial charge is 0.504 e. The molecule has 120 valence electrons. The zero-order valence-electron chi connectivity index (χ0n) is 12.0. The predicted octanol–water partition coefficient (Wildman–Crippen LogP) is 3.91. The van der Waals surface area contributed by atoms with E-state index in [1.807, 2.05) is 0 Å². The molecule has 0 saturated carbocycles. The molecule has 0 amide bonds. The highest BCUT2D eigenvalue weighted by Crippen LogP contribution is 2.39. The topological polar surface area (TPSA) is 107 Å². The number of phenols is 4. The Morgan fingerprint density at radius 1 is 0.583 bits per heavy atom. The van der Waals surface area contributed by atoms with Crippen LogP contribution in [-0.4, -0.2) is 30.4 Å². The molecule has 0 spiro atoms. The van der Waals surface area contributed by atoms with E-state index in [-0.39, 0.29) is 23.0 Å². The number of benzene rings is 2. The lowest BCUT2D eigenvalue weighted by Crippen LogP contribution is -1.77. The number of aromatic nitrogens is 2. The van der Waals surface area contributed by atoms with Crippen molar-refractivity contribution in [1.82, 2.24) is 9.97 Å². The lowest BCUT2D eigenvalue weighted by molar-refractivity contribution is 0.404. The van der Waals surface area contributed by atoms with Crippen LogP contribution in [0.25, 0.3) is 30.8 Å². The molecule has 0 aliphatic heterocycles. The standard InChI is InChI=1S/C16H10N2O4S2/c19-9-3-1-7(5-11(9)21)13-17-15-16(23-13)18-14(24-15)8-2-4-10(20)12(22)6-8/h1-6,19-22H. The van der Waals surface area contributed by atoms with Gasteiger partial charge in [-0.25, -0.2) is 9.97 Å². The minimum atomic E-state index is -0.195. The van der Waals surface area contributed by atoms with Crippen LogP contribution in [0.5, 0.6) is 23.0 Å². The van der Waals surface area contributed by atoms with Gasteiger partial charge in [0.2, 0.25) is 0 Å². The zero-order valence-corrected chi connectivity index (χ0v) is 13.6. The number of thiazole rings is 2. The van der Waals surface area contributed by atoms with Crippen LogP contribution >= 0.6 is 22.7 Å².